The van der Waals surface area contributed by atoms with E-state index < -0.39 is 44.5 Å². The monoisotopic (exact) mass is 321 g/mol. The van der Waals surface area contributed by atoms with Gasteiger partial charge in [0.25, 0.3) is 0 Å². The van der Waals surface area contributed by atoms with Gasteiger partial charge in [0.2, 0.25) is 10.0 Å². The first kappa shape index (κ1) is 17.5. The first-order valence-corrected chi connectivity index (χ1v) is 7.77. The Kier molecular flexibility index (Phi) is 5.79. The highest BCUT2D eigenvalue weighted by atomic mass is 32.2. The van der Waals surface area contributed by atoms with Crippen LogP contribution in [0.5, 0.6) is 0 Å². The Hall–Kier alpha value is -1.54. The molecule has 0 aliphatic heterocycles. The SMILES string of the molecule is CC[C@H](C)[C@@H](NS(=O)(=O)c1c(F)cccc1F)C(=O)OC. The van der Waals surface area contributed by atoms with Gasteiger partial charge >= 0.3 is 5.97 Å². The Morgan fingerprint density at radius 3 is 2.29 bits per heavy atom. The summed E-state index contributed by atoms with van der Waals surface area (Å²) in [6.07, 6.45) is 0.474. The fourth-order valence-electron chi connectivity index (χ4n) is 1.72. The van der Waals surface area contributed by atoms with E-state index in [2.05, 4.69) is 4.74 Å². The first-order valence-electron chi connectivity index (χ1n) is 6.28. The summed E-state index contributed by atoms with van der Waals surface area (Å²) in [7, 11) is -3.43. The fraction of sp³-hybridized carbons (Fsp3) is 0.462. The van der Waals surface area contributed by atoms with Gasteiger partial charge < -0.3 is 4.74 Å². The van der Waals surface area contributed by atoms with Gasteiger partial charge in [-0.3, -0.25) is 4.79 Å². The molecular formula is C13H17F2NO4S. The molecule has 21 heavy (non-hydrogen) atoms. The van der Waals surface area contributed by atoms with E-state index in [4.69, 9.17) is 0 Å². The summed E-state index contributed by atoms with van der Waals surface area (Å²) in [6.45, 7) is 3.38. The minimum atomic E-state index is -4.53. The van der Waals surface area contributed by atoms with Crippen LogP contribution >= 0.6 is 0 Å². The maximum absolute atomic E-state index is 13.6. The molecule has 0 radical (unpaired) electrons. The van der Waals surface area contributed by atoms with Gasteiger partial charge in [0.1, 0.15) is 17.7 Å². The van der Waals surface area contributed by atoms with Crippen molar-refractivity contribution in [3.8, 4) is 0 Å². The molecule has 0 aliphatic carbocycles. The topological polar surface area (TPSA) is 72.5 Å². The number of halogens is 2. The molecule has 0 aromatic heterocycles. The van der Waals surface area contributed by atoms with Crippen molar-refractivity contribution in [2.75, 3.05) is 7.11 Å². The highest BCUT2D eigenvalue weighted by molar-refractivity contribution is 7.89. The molecule has 0 saturated heterocycles. The number of esters is 1. The highest BCUT2D eigenvalue weighted by Crippen LogP contribution is 2.20. The quantitative estimate of drug-likeness (QED) is 0.811. The molecule has 1 aromatic carbocycles. The van der Waals surface area contributed by atoms with Crippen molar-refractivity contribution in [1.29, 1.82) is 0 Å². The summed E-state index contributed by atoms with van der Waals surface area (Å²) in [5.74, 6) is -3.67. The molecule has 0 heterocycles. The average molecular weight is 321 g/mol. The lowest BCUT2D eigenvalue weighted by atomic mass is 10.0. The van der Waals surface area contributed by atoms with Crippen LogP contribution in [-0.2, 0) is 19.6 Å². The normalized spacial score (nSPS) is 14.5. The number of benzene rings is 1. The molecule has 0 amide bonds. The second-order valence-electron chi connectivity index (χ2n) is 4.56. The smallest absolute Gasteiger partial charge is 0.324 e. The molecule has 0 aliphatic rings. The molecule has 0 unspecified atom stereocenters. The second kappa shape index (κ2) is 6.95. The van der Waals surface area contributed by atoms with E-state index in [-0.39, 0.29) is 0 Å². The number of carbonyl (C=O) groups is 1. The number of carbonyl (C=O) groups excluding carboxylic acids is 1. The Morgan fingerprint density at radius 2 is 1.86 bits per heavy atom. The lowest BCUT2D eigenvalue weighted by Gasteiger charge is -2.21. The predicted molar refractivity (Wildman–Crippen MR) is 71.9 cm³/mol. The molecule has 2 atom stereocenters. The third-order valence-electron chi connectivity index (χ3n) is 3.14. The largest absolute Gasteiger partial charge is 0.468 e. The van der Waals surface area contributed by atoms with Gasteiger partial charge in [0.05, 0.1) is 7.11 Å². The summed E-state index contributed by atoms with van der Waals surface area (Å²) in [5.41, 5.74) is 0. The fourth-order valence-corrected chi connectivity index (χ4v) is 3.15. The number of hydrogen-bond acceptors (Lipinski definition) is 4. The van der Waals surface area contributed by atoms with Crippen LogP contribution in [0.3, 0.4) is 0 Å². The van der Waals surface area contributed by atoms with Crippen LogP contribution in [0, 0.1) is 17.6 Å². The maximum atomic E-state index is 13.6. The van der Waals surface area contributed by atoms with Crippen molar-refractivity contribution in [2.45, 2.75) is 31.2 Å². The van der Waals surface area contributed by atoms with E-state index in [9.17, 15) is 22.0 Å². The molecule has 0 spiro atoms. The van der Waals surface area contributed by atoms with Gasteiger partial charge in [-0.15, -0.1) is 0 Å². The predicted octanol–water partition coefficient (Wildman–Crippen LogP) is 1.83. The Morgan fingerprint density at radius 1 is 1.33 bits per heavy atom. The van der Waals surface area contributed by atoms with Crippen molar-refractivity contribution in [1.82, 2.24) is 4.72 Å². The van der Waals surface area contributed by atoms with Crippen molar-refractivity contribution < 1.29 is 26.7 Å². The molecule has 0 saturated carbocycles. The maximum Gasteiger partial charge on any atom is 0.324 e. The zero-order chi connectivity index (χ0) is 16.2. The lowest BCUT2D eigenvalue weighted by molar-refractivity contribution is -0.143. The van der Waals surface area contributed by atoms with E-state index in [1.165, 1.54) is 0 Å². The lowest BCUT2D eigenvalue weighted by Crippen LogP contribution is -2.46. The first-order chi connectivity index (χ1) is 9.74. The average Bonchev–Trinajstić information content (AvgIpc) is 2.42. The van der Waals surface area contributed by atoms with Gasteiger partial charge in [0.15, 0.2) is 4.90 Å². The Labute approximate surface area is 122 Å². The zero-order valence-electron chi connectivity index (χ0n) is 11.9. The van der Waals surface area contributed by atoms with Gasteiger partial charge in [-0.1, -0.05) is 26.3 Å². The third kappa shape index (κ3) is 3.98. The summed E-state index contributed by atoms with van der Waals surface area (Å²) in [6, 6.07) is 1.49. The van der Waals surface area contributed by atoms with Gasteiger partial charge in [0, 0.05) is 0 Å². The second-order valence-corrected chi connectivity index (χ2v) is 6.21. The Bertz CT molecular complexity index is 598. The van der Waals surface area contributed by atoms with Crippen LogP contribution in [0.2, 0.25) is 0 Å². The number of sulfonamides is 1. The van der Waals surface area contributed by atoms with Crippen molar-refractivity contribution >= 4 is 16.0 Å². The third-order valence-corrected chi connectivity index (χ3v) is 4.63. The molecule has 1 aromatic rings. The number of ether oxygens (including phenoxy) is 1. The molecule has 0 fully saturated rings. The molecule has 118 valence electrons. The Balaban J connectivity index is 3.21. The molecule has 5 nitrogen and oxygen atoms in total. The minimum Gasteiger partial charge on any atom is -0.468 e. The molecule has 0 bridgehead atoms. The summed E-state index contributed by atoms with van der Waals surface area (Å²) < 4.78 is 58.0. The van der Waals surface area contributed by atoms with Crippen LogP contribution in [0.15, 0.2) is 23.1 Å². The van der Waals surface area contributed by atoms with Crippen LogP contribution in [-0.4, -0.2) is 27.5 Å². The van der Waals surface area contributed by atoms with Gasteiger partial charge in [-0.05, 0) is 18.1 Å². The number of hydrogen-bond donors (Lipinski definition) is 1. The van der Waals surface area contributed by atoms with Crippen LogP contribution in [0.25, 0.3) is 0 Å². The number of nitrogens with one attached hydrogen (secondary N) is 1. The van der Waals surface area contributed by atoms with Crippen LogP contribution in [0.1, 0.15) is 20.3 Å². The zero-order valence-corrected chi connectivity index (χ0v) is 12.7. The molecule has 1 rings (SSSR count). The van der Waals surface area contributed by atoms with E-state index in [0.717, 1.165) is 25.3 Å². The van der Waals surface area contributed by atoms with Crippen LogP contribution < -0.4 is 4.72 Å². The summed E-state index contributed by atoms with van der Waals surface area (Å²) in [5, 5.41) is 0. The van der Waals surface area contributed by atoms with Crippen molar-refractivity contribution in [2.24, 2.45) is 5.92 Å². The van der Waals surface area contributed by atoms with E-state index >= 15 is 0 Å². The van der Waals surface area contributed by atoms with Crippen molar-refractivity contribution in [3.05, 3.63) is 29.8 Å². The summed E-state index contributed by atoms with van der Waals surface area (Å²) in [4.78, 5) is 10.5. The minimum absolute atomic E-state index is 0.401. The molecule has 1 N–H and O–H groups in total. The van der Waals surface area contributed by atoms with E-state index in [0.29, 0.717) is 6.42 Å². The van der Waals surface area contributed by atoms with Crippen LogP contribution in [0.4, 0.5) is 8.78 Å². The molecule has 8 heteroatoms. The number of rotatable bonds is 6. The van der Waals surface area contributed by atoms with Gasteiger partial charge in [-0.2, -0.15) is 4.72 Å². The van der Waals surface area contributed by atoms with E-state index in [1.54, 1.807) is 13.8 Å². The van der Waals surface area contributed by atoms with Gasteiger partial charge in [-0.25, -0.2) is 17.2 Å². The summed E-state index contributed by atoms with van der Waals surface area (Å²) >= 11 is 0. The molecular weight excluding hydrogens is 304 g/mol. The number of methoxy groups -OCH3 is 1. The van der Waals surface area contributed by atoms with E-state index in [1.807, 2.05) is 4.72 Å². The standard InChI is InChI=1S/C13H17F2NO4S/c1-4-8(2)11(13(17)20-3)16-21(18,19)12-9(14)6-5-7-10(12)15/h5-8,11,16H,4H2,1-3H3/t8-,11+/m0/s1. The highest BCUT2D eigenvalue weighted by Gasteiger charge is 2.33. The van der Waals surface area contributed by atoms with Crippen molar-refractivity contribution in [3.63, 3.8) is 0 Å².